The van der Waals surface area contributed by atoms with Gasteiger partial charge in [0.05, 0.1) is 12.7 Å². The van der Waals surface area contributed by atoms with Crippen molar-refractivity contribution in [2.75, 3.05) is 24.6 Å². The van der Waals surface area contributed by atoms with Crippen LogP contribution in [0.25, 0.3) is 0 Å². The number of aliphatic hydroxyl groups is 1. The van der Waals surface area contributed by atoms with Crippen molar-refractivity contribution in [2.45, 2.75) is 32.5 Å². The molecule has 18 heavy (non-hydrogen) atoms. The summed E-state index contributed by atoms with van der Waals surface area (Å²) in [5, 5.41) is 10.1. The van der Waals surface area contributed by atoms with Crippen LogP contribution in [0, 0.1) is 0 Å². The molecule has 0 bridgehead atoms. The Morgan fingerprint density at radius 2 is 2.11 bits per heavy atom. The first-order valence-corrected chi connectivity index (χ1v) is 6.88. The van der Waals surface area contributed by atoms with E-state index in [9.17, 15) is 5.11 Å². The Bertz CT molecular complexity index is 389. The van der Waals surface area contributed by atoms with Crippen LogP contribution < -0.4 is 4.90 Å². The van der Waals surface area contributed by atoms with Gasteiger partial charge < -0.3 is 14.7 Å². The fourth-order valence-corrected chi connectivity index (χ4v) is 2.68. The number of benzene rings is 1. The third-order valence-electron chi connectivity index (χ3n) is 3.40. The standard InChI is InChI=1S/C14H20ClNO2/c1-2-18-13-5-7-16(8-6-13)14-4-3-12(15)9-11(14)10-17/h3-4,9,13,17H,2,5-8,10H2,1H3. The van der Waals surface area contributed by atoms with E-state index in [-0.39, 0.29) is 6.61 Å². The molecule has 3 nitrogen and oxygen atoms in total. The van der Waals surface area contributed by atoms with E-state index in [4.69, 9.17) is 16.3 Å². The maximum Gasteiger partial charge on any atom is 0.0702 e. The minimum atomic E-state index is 0.0290. The van der Waals surface area contributed by atoms with Crippen LogP contribution in [0.2, 0.25) is 5.02 Å². The van der Waals surface area contributed by atoms with Gasteiger partial charge >= 0.3 is 0 Å². The van der Waals surface area contributed by atoms with Crippen molar-refractivity contribution in [1.29, 1.82) is 0 Å². The van der Waals surface area contributed by atoms with Crippen LogP contribution in [-0.2, 0) is 11.3 Å². The molecule has 1 fully saturated rings. The van der Waals surface area contributed by atoms with Crippen LogP contribution in [0.1, 0.15) is 25.3 Å². The van der Waals surface area contributed by atoms with Gasteiger partial charge in [0.2, 0.25) is 0 Å². The zero-order valence-electron chi connectivity index (χ0n) is 10.7. The van der Waals surface area contributed by atoms with E-state index in [2.05, 4.69) is 4.90 Å². The topological polar surface area (TPSA) is 32.7 Å². The molecule has 1 aromatic rings. The lowest BCUT2D eigenvalue weighted by molar-refractivity contribution is 0.0459. The lowest BCUT2D eigenvalue weighted by Crippen LogP contribution is -2.37. The number of anilines is 1. The van der Waals surface area contributed by atoms with Crippen molar-refractivity contribution in [1.82, 2.24) is 0 Å². The number of hydrogen-bond acceptors (Lipinski definition) is 3. The van der Waals surface area contributed by atoms with Crippen molar-refractivity contribution < 1.29 is 9.84 Å². The number of nitrogens with zero attached hydrogens (tertiary/aromatic N) is 1. The second kappa shape index (κ2) is 6.41. The molecule has 100 valence electrons. The molecule has 1 N–H and O–H groups in total. The molecule has 0 amide bonds. The average Bonchev–Trinajstić information content (AvgIpc) is 2.40. The molecule has 0 aromatic heterocycles. The molecular formula is C14H20ClNO2. The molecule has 1 aliphatic heterocycles. The van der Waals surface area contributed by atoms with E-state index in [1.165, 1.54) is 0 Å². The first kappa shape index (κ1) is 13.7. The highest BCUT2D eigenvalue weighted by atomic mass is 35.5. The molecule has 1 saturated heterocycles. The van der Waals surface area contributed by atoms with E-state index in [1.807, 2.05) is 25.1 Å². The molecule has 0 radical (unpaired) electrons. The zero-order valence-corrected chi connectivity index (χ0v) is 11.5. The van der Waals surface area contributed by atoms with Crippen molar-refractivity contribution in [3.63, 3.8) is 0 Å². The highest BCUT2D eigenvalue weighted by Crippen LogP contribution is 2.27. The van der Waals surface area contributed by atoms with Gasteiger partial charge in [-0.25, -0.2) is 0 Å². The van der Waals surface area contributed by atoms with Crippen molar-refractivity contribution in [3.8, 4) is 0 Å². The molecule has 1 aromatic carbocycles. The number of ether oxygens (including phenoxy) is 1. The lowest BCUT2D eigenvalue weighted by Gasteiger charge is -2.34. The van der Waals surface area contributed by atoms with E-state index >= 15 is 0 Å². The van der Waals surface area contributed by atoms with Gasteiger partial charge in [-0.05, 0) is 38.0 Å². The molecule has 0 aliphatic carbocycles. The number of hydrogen-bond donors (Lipinski definition) is 1. The smallest absolute Gasteiger partial charge is 0.0702 e. The average molecular weight is 270 g/mol. The van der Waals surface area contributed by atoms with Crippen LogP contribution in [0.15, 0.2) is 18.2 Å². The molecule has 4 heteroatoms. The van der Waals surface area contributed by atoms with Crippen LogP contribution >= 0.6 is 11.6 Å². The monoisotopic (exact) mass is 269 g/mol. The molecule has 0 atom stereocenters. The van der Waals surface area contributed by atoms with E-state index in [0.29, 0.717) is 11.1 Å². The Kier molecular flexibility index (Phi) is 4.87. The molecule has 0 spiro atoms. The first-order chi connectivity index (χ1) is 8.74. The Labute approximate surface area is 113 Å². The summed E-state index contributed by atoms with van der Waals surface area (Å²) in [6, 6.07) is 5.71. The van der Waals surface area contributed by atoms with Gasteiger partial charge in [0, 0.05) is 36.0 Å². The summed E-state index contributed by atoms with van der Waals surface area (Å²) in [6.07, 6.45) is 2.47. The summed E-state index contributed by atoms with van der Waals surface area (Å²) in [6.45, 7) is 4.79. The number of piperidine rings is 1. The van der Waals surface area contributed by atoms with Gasteiger partial charge in [-0.1, -0.05) is 11.6 Å². The summed E-state index contributed by atoms with van der Waals surface area (Å²) >= 11 is 5.95. The third kappa shape index (κ3) is 3.16. The van der Waals surface area contributed by atoms with Crippen molar-refractivity contribution in [2.24, 2.45) is 0 Å². The first-order valence-electron chi connectivity index (χ1n) is 6.50. The summed E-state index contributed by atoms with van der Waals surface area (Å²) in [4.78, 5) is 2.30. The predicted molar refractivity (Wildman–Crippen MR) is 74.2 cm³/mol. The van der Waals surface area contributed by atoms with Gasteiger partial charge in [0.25, 0.3) is 0 Å². The van der Waals surface area contributed by atoms with Gasteiger partial charge in [-0.15, -0.1) is 0 Å². The van der Waals surface area contributed by atoms with Crippen molar-refractivity contribution >= 4 is 17.3 Å². The van der Waals surface area contributed by atoms with E-state index in [1.54, 1.807) is 0 Å². The molecule has 2 rings (SSSR count). The molecular weight excluding hydrogens is 250 g/mol. The molecule has 1 heterocycles. The quantitative estimate of drug-likeness (QED) is 0.912. The zero-order chi connectivity index (χ0) is 13.0. The van der Waals surface area contributed by atoms with E-state index in [0.717, 1.165) is 43.8 Å². The second-order valence-electron chi connectivity index (χ2n) is 4.57. The van der Waals surface area contributed by atoms with Gasteiger partial charge in [-0.2, -0.15) is 0 Å². The summed E-state index contributed by atoms with van der Waals surface area (Å²) < 4.78 is 5.65. The minimum Gasteiger partial charge on any atom is -0.392 e. The summed E-state index contributed by atoms with van der Waals surface area (Å²) in [7, 11) is 0. The van der Waals surface area contributed by atoms with Crippen molar-refractivity contribution in [3.05, 3.63) is 28.8 Å². The number of aliphatic hydroxyl groups excluding tert-OH is 1. The third-order valence-corrected chi connectivity index (χ3v) is 3.63. The lowest BCUT2D eigenvalue weighted by atomic mass is 10.1. The SMILES string of the molecule is CCOC1CCN(c2ccc(Cl)cc2CO)CC1. The maximum absolute atomic E-state index is 9.40. The normalized spacial score (nSPS) is 17.2. The van der Waals surface area contributed by atoms with E-state index < -0.39 is 0 Å². The largest absolute Gasteiger partial charge is 0.392 e. The molecule has 1 aliphatic rings. The Hall–Kier alpha value is -0.770. The Morgan fingerprint density at radius 3 is 2.72 bits per heavy atom. The Balaban J connectivity index is 2.05. The van der Waals surface area contributed by atoms with Gasteiger partial charge in [0.15, 0.2) is 0 Å². The fourth-order valence-electron chi connectivity index (χ4n) is 2.49. The van der Waals surface area contributed by atoms with Crippen LogP contribution in [-0.4, -0.2) is 30.9 Å². The fraction of sp³-hybridized carbons (Fsp3) is 0.571. The highest BCUT2D eigenvalue weighted by Gasteiger charge is 2.20. The summed E-state index contributed by atoms with van der Waals surface area (Å²) in [5.41, 5.74) is 1.99. The van der Waals surface area contributed by atoms with Crippen LogP contribution in [0.3, 0.4) is 0 Å². The highest BCUT2D eigenvalue weighted by molar-refractivity contribution is 6.30. The molecule has 0 unspecified atom stereocenters. The number of rotatable bonds is 4. The predicted octanol–water partition coefficient (Wildman–Crippen LogP) is 2.84. The van der Waals surface area contributed by atoms with Gasteiger partial charge in [0.1, 0.15) is 0 Å². The van der Waals surface area contributed by atoms with Crippen LogP contribution in [0.4, 0.5) is 5.69 Å². The maximum atomic E-state index is 9.40. The van der Waals surface area contributed by atoms with Crippen LogP contribution in [0.5, 0.6) is 0 Å². The minimum absolute atomic E-state index is 0.0290. The molecule has 0 saturated carbocycles. The summed E-state index contributed by atoms with van der Waals surface area (Å²) in [5.74, 6) is 0. The Morgan fingerprint density at radius 1 is 1.39 bits per heavy atom. The second-order valence-corrected chi connectivity index (χ2v) is 5.01. The van der Waals surface area contributed by atoms with Gasteiger partial charge in [-0.3, -0.25) is 0 Å². The number of halogens is 1.